The van der Waals surface area contributed by atoms with Gasteiger partial charge in [-0.25, -0.2) is 9.67 Å². The minimum absolute atomic E-state index is 0.0824. The van der Waals surface area contributed by atoms with E-state index in [1.165, 1.54) is 16.6 Å². The van der Waals surface area contributed by atoms with Crippen molar-refractivity contribution in [3.63, 3.8) is 0 Å². The van der Waals surface area contributed by atoms with Crippen molar-refractivity contribution in [2.45, 2.75) is 26.4 Å². The lowest BCUT2D eigenvalue weighted by Crippen LogP contribution is -2.38. The van der Waals surface area contributed by atoms with Gasteiger partial charge in [-0.1, -0.05) is 17.7 Å². The third-order valence-electron chi connectivity index (χ3n) is 2.79. The molecule has 112 valence electrons. The van der Waals surface area contributed by atoms with Crippen molar-refractivity contribution in [1.82, 2.24) is 20.1 Å². The highest BCUT2D eigenvalue weighted by molar-refractivity contribution is 5.75. The minimum Gasteiger partial charge on any atom is -0.491 e. The Morgan fingerprint density at radius 1 is 1.43 bits per heavy atom. The molecule has 0 fully saturated rings. The number of ether oxygens (including phenoxy) is 1. The highest BCUT2D eigenvalue weighted by Gasteiger charge is 2.09. The summed E-state index contributed by atoms with van der Waals surface area (Å²) in [6.07, 6.45) is 1.42. The van der Waals surface area contributed by atoms with Gasteiger partial charge in [-0.3, -0.25) is 4.79 Å². The number of hydrogen-bond donors (Lipinski definition) is 2. The molecule has 1 amide bonds. The Balaban J connectivity index is 1.74. The summed E-state index contributed by atoms with van der Waals surface area (Å²) >= 11 is 0. The molecular weight excluding hydrogens is 270 g/mol. The van der Waals surface area contributed by atoms with E-state index in [9.17, 15) is 4.79 Å². The van der Waals surface area contributed by atoms with Crippen LogP contribution < -0.4 is 15.8 Å². The number of aryl methyl sites for hydroxylation is 1. The second-order valence-electron chi connectivity index (χ2n) is 4.89. The molecule has 0 bridgehead atoms. The fourth-order valence-corrected chi connectivity index (χ4v) is 1.75. The Hall–Kier alpha value is -2.57. The smallest absolute Gasteiger partial charge is 0.242 e. The van der Waals surface area contributed by atoms with Gasteiger partial charge < -0.3 is 15.8 Å². The summed E-state index contributed by atoms with van der Waals surface area (Å²) in [5, 5.41) is 6.68. The summed E-state index contributed by atoms with van der Waals surface area (Å²) in [5.41, 5.74) is 6.56. The number of benzene rings is 1. The van der Waals surface area contributed by atoms with Crippen molar-refractivity contribution in [3.8, 4) is 5.75 Å². The first-order valence-electron chi connectivity index (χ1n) is 6.66. The summed E-state index contributed by atoms with van der Waals surface area (Å²) in [6.45, 7) is 4.37. The molecule has 1 aromatic heterocycles. The van der Waals surface area contributed by atoms with Crippen molar-refractivity contribution in [2.75, 3.05) is 12.3 Å². The standard InChI is InChI=1S/C14H19N5O2/c1-10-3-5-12(6-4-10)21-8-11(2)17-13(20)7-19-9-16-14(15)18-19/h3-6,9,11H,7-8H2,1-2H3,(H2,15,18)(H,17,20). The second-order valence-corrected chi connectivity index (χ2v) is 4.89. The number of nitrogens with zero attached hydrogens (tertiary/aromatic N) is 3. The van der Waals surface area contributed by atoms with Crippen LogP contribution in [-0.4, -0.2) is 33.3 Å². The van der Waals surface area contributed by atoms with Gasteiger partial charge in [0.25, 0.3) is 0 Å². The van der Waals surface area contributed by atoms with Crippen LogP contribution in [0.1, 0.15) is 12.5 Å². The van der Waals surface area contributed by atoms with Gasteiger partial charge >= 0.3 is 0 Å². The van der Waals surface area contributed by atoms with E-state index < -0.39 is 0 Å². The Kier molecular flexibility index (Phi) is 4.76. The molecule has 3 N–H and O–H groups in total. The van der Waals surface area contributed by atoms with Crippen molar-refractivity contribution >= 4 is 11.9 Å². The largest absolute Gasteiger partial charge is 0.491 e. The molecule has 7 heteroatoms. The molecule has 2 aromatic rings. The number of nitrogens with one attached hydrogen (secondary N) is 1. The molecule has 1 aromatic carbocycles. The van der Waals surface area contributed by atoms with Crippen LogP contribution in [0.4, 0.5) is 5.95 Å². The van der Waals surface area contributed by atoms with Gasteiger partial charge in [-0.15, -0.1) is 5.10 Å². The maximum Gasteiger partial charge on any atom is 0.242 e. The highest BCUT2D eigenvalue weighted by atomic mass is 16.5. The first kappa shape index (κ1) is 14.8. The van der Waals surface area contributed by atoms with Crippen LogP contribution in [0.15, 0.2) is 30.6 Å². The molecule has 1 atom stereocenters. The lowest BCUT2D eigenvalue weighted by atomic mass is 10.2. The molecule has 0 spiro atoms. The van der Waals surface area contributed by atoms with Crippen LogP contribution in [0.25, 0.3) is 0 Å². The van der Waals surface area contributed by atoms with E-state index >= 15 is 0 Å². The van der Waals surface area contributed by atoms with Gasteiger partial charge in [0.05, 0.1) is 6.04 Å². The topological polar surface area (TPSA) is 95.1 Å². The lowest BCUT2D eigenvalue weighted by molar-refractivity contribution is -0.122. The third-order valence-corrected chi connectivity index (χ3v) is 2.79. The zero-order chi connectivity index (χ0) is 15.2. The SMILES string of the molecule is Cc1ccc(OCC(C)NC(=O)Cn2cnc(N)n2)cc1. The Bertz CT molecular complexity index is 594. The number of carbonyl (C=O) groups excluding carboxylic acids is 1. The van der Waals surface area contributed by atoms with Crippen molar-refractivity contribution < 1.29 is 9.53 Å². The third kappa shape index (κ3) is 4.79. The lowest BCUT2D eigenvalue weighted by Gasteiger charge is -2.15. The summed E-state index contributed by atoms with van der Waals surface area (Å²) < 4.78 is 7.00. The molecule has 0 saturated carbocycles. The Labute approximate surface area is 123 Å². The molecule has 1 unspecified atom stereocenters. The van der Waals surface area contributed by atoms with E-state index in [2.05, 4.69) is 15.4 Å². The van der Waals surface area contributed by atoms with E-state index in [1.807, 2.05) is 38.1 Å². The first-order valence-corrected chi connectivity index (χ1v) is 6.66. The molecule has 0 radical (unpaired) electrons. The van der Waals surface area contributed by atoms with E-state index in [1.54, 1.807) is 0 Å². The van der Waals surface area contributed by atoms with Crippen LogP contribution >= 0.6 is 0 Å². The normalized spacial score (nSPS) is 11.9. The molecule has 0 aliphatic carbocycles. The summed E-state index contributed by atoms with van der Waals surface area (Å²) in [4.78, 5) is 15.5. The van der Waals surface area contributed by atoms with E-state index in [-0.39, 0.29) is 24.4 Å². The number of rotatable bonds is 6. The molecule has 21 heavy (non-hydrogen) atoms. The quantitative estimate of drug-likeness (QED) is 0.818. The van der Waals surface area contributed by atoms with E-state index in [0.29, 0.717) is 6.61 Å². The van der Waals surface area contributed by atoms with Crippen LogP contribution in [0.3, 0.4) is 0 Å². The highest BCUT2D eigenvalue weighted by Crippen LogP contribution is 2.11. The second kappa shape index (κ2) is 6.74. The summed E-state index contributed by atoms with van der Waals surface area (Å²) in [6, 6.07) is 7.66. The van der Waals surface area contributed by atoms with Crippen molar-refractivity contribution in [2.24, 2.45) is 0 Å². The van der Waals surface area contributed by atoms with Crippen LogP contribution in [-0.2, 0) is 11.3 Å². The fraction of sp³-hybridized carbons (Fsp3) is 0.357. The number of nitrogen functional groups attached to an aromatic ring is 1. The minimum atomic E-state index is -0.167. The molecule has 7 nitrogen and oxygen atoms in total. The maximum atomic E-state index is 11.8. The van der Waals surface area contributed by atoms with E-state index in [4.69, 9.17) is 10.5 Å². The van der Waals surface area contributed by atoms with Crippen molar-refractivity contribution in [3.05, 3.63) is 36.2 Å². The first-order chi connectivity index (χ1) is 10.0. The molecule has 2 rings (SSSR count). The monoisotopic (exact) mass is 289 g/mol. The Morgan fingerprint density at radius 3 is 2.76 bits per heavy atom. The van der Waals surface area contributed by atoms with Gasteiger partial charge in [0.15, 0.2) is 0 Å². The summed E-state index contributed by atoms with van der Waals surface area (Å²) in [7, 11) is 0. The average molecular weight is 289 g/mol. The molecule has 0 saturated heterocycles. The molecule has 1 heterocycles. The fourth-order valence-electron chi connectivity index (χ4n) is 1.75. The molecule has 0 aliphatic rings. The van der Waals surface area contributed by atoms with Gasteiger partial charge in [0, 0.05) is 0 Å². The van der Waals surface area contributed by atoms with Crippen LogP contribution in [0.5, 0.6) is 5.75 Å². The average Bonchev–Trinajstić information content (AvgIpc) is 2.83. The molecular formula is C14H19N5O2. The van der Waals surface area contributed by atoms with Gasteiger partial charge in [-0.05, 0) is 26.0 Å². The number of anilines is 1. The zero-order valence-corrected chi connectivity index (χ0v) is 12.1. The number of hydrogen-bond acceptors (Lipinski definition) is 5. The number of carbonyl (C=O) groups is 1. The number of aromatic nitrogens is 3. The van der Waals surface area contributed by atoms with Gasteiger partial charge in [0.1, 0.15) is 25.2 Å². The Morgan fingerprint density at radius 2 is 2.14 bits per heavy atom. The molecule has 0 aliphatic heterocycles. The zero-order valence-electron chi connectivity index (χ0n) is 12.1. The van der Waals surface area contributed by atoms with Gasteiger partial charge in [-0.2, -0.15) is 0 Å². The number of nitrogens with two attached hydrogens (primary N) is 1. The van der Waals surface area contributed by atoms with Crippen LogP contribution in [0.2, 0.25) is 0 Å². The number of amides is 1. The predicted octanol–water partition coefficient (Wildman–Crippen LogP) is 0.752. The predicted molar refractivity (Wildman–Crippen MR) is 78.7 cm³/mol. The van der Waals surface area contributed by atoms with Gasteiger partial charge in [0.2, 0.25) is 11.9 Å². The maximum absolute atomic E-state index is 11.8. The van der Waals surface area contributed by atoms with Crippen molar-refractivity contribution in [1.29, 1.82) is 0 Å². The van der Waals surface area contributed by atoms with Crippen LogP contribution in [0, 0.1) is 6.92 Å². The summed E-state index contributed by atoms with van der Waals surface area (Å²) in [5.74, 6) is 0.768. The van der Waals surface area contributed by atoms with E-state index in [0.717, 1.165) is 5.75 Å².